The number of allylic oxidation sites excluding steroid dienone is 16. The number of aliphatic carboxylic acids is 1. The van der Waals surface area contributed by atoms with Gasteiger partial charge in [-0.3, -0.25) is 9.59 Å². The van der Waals surface area contributed by atoms with Gasteiger partial charge < -0.3 is 28.5 Å². The number of hydrogen-bond acceptors (Lipinski definition) is 7. The molecule has 0 heterocycles. The SMILES string of the molecule is CC/C=C\C/C=C\C/C=C\C/C=C\C/C=C\C/C=C\C/C=C\C/C=C\CCCCCCCCC(=O)OC(COC(=O)CCCCCCCCCCCCCCCCCCCCCCCCCCCCCCCCCCCCCCCC)COC(OCC[N+](C)(C)C)C(=O)O. The Balaban J connectivity index is 4.04. The van der Waals surface area contributed by atoms with E-state index in [2.05, 4.69) is 111 Å². The molecule has 0 saturated carbocycles. The van der Waals surface area contributed by atoms with Crippen molar-refractivity contribution in [2.75, 3.05) is 47.5 Å². The van der Waals surface area contributed by atoms with Crippen LogP contribution in [0.5, 0.6) is 0 Å². The van der Waals surface area contributed by atoms with Crippen LogP contribution in [-0.2, 0) is 33.3 Å². The summed E-state index contributed by atoms with van der Waals surface area (Å²) < 4.78 is 23.0. The first kappa shape index (κ1) is 90.2. The van der Waals surface area contributed by atoms with Crippen molar-refractivity contribution < 1.29 is 42.9 Å². The van der Waals surface area contributed by atoms with Crippen molar-refractivity contribution in [2.45, 2.75) is 379 Å². The minimum absolute atomic E-state index is 0.181. The highest BCUT2D eigenvalue weighted by atomic mass is 16.7. The molecule has 0 rings (SSSR count). The fraction of sp³-hybridized carbons (Fsp3) is 0.776. The van der Waals surface area contributed by atoms with Crippen LogP contribution in [0.15, 0.2) is 97.2 Å². The van der Waals surface area contributed by atoms with Gasteiger partial charge in [-0.25, -0.2) is 4.79 Å². The quantitative estimate of drug-likeness (QED) is 0.0211. The third-order valence-electron chi connectivity index (χ3n) is 17.6. The van der Waals surface area contributed by atoms with E-state index in [0.29, 0.717) is 23.9 Å². The number of likely N-dealkylation sites (N-methyl/N-ethyl adjacent to an activating group) is 1. The molecule has 9 nitrogen and oxygen atoms in total. The Kier molecular flexibility index (Phi) is 72.0. The molecule has 0 spiro atoms. The number of ether oxygens (including phenoxy) is 4. The Labute approximate surface area is 582 Å². The molecule has 0 aromatic rings. The average molecular weight is 1320 g/mol. The van der Waals surface area contributed by atoms with Crippen LogP contribution >= 0.6 is 0 Å². The second-order valence-corrected chi connectivity index (χ2v) is 28.0. The van der Waals surface area contributed by atoms with Crippen molar-refractivity contribution in [3.63, 3.8) is 0 Å². The van der Waals surface area contributed by atoms with Gasteiger partial charge in [0.25, 0.3) is 6.29 Å². The Bertz CT molecular complexity index is 1870. The molecular formula is C85H152NO8+. The molecule has 0 bridgehead atoms. The number of quaternary nitrogens is 1. The lowest BCUT2D eigenvalue weighted by Gasteiger charge is -2.25. The Morgan fingerprint density at radius 2 is 0.606 bits per heavy atom. The maximum Gasteiger partial charge on any atom is 0.361 e. The molecule has 0 radical (unpaired) electrons. The summed E-state index contributed by atoms with van der Waals surface area (Å²) in [6.07, 6.45) is 101. The highest BCUT2D eigenvalue weighted by molar-refractivity contribution is 5.71. The highest BCUT2D eigenvalue weighted by Crippen LogP contribution is 2.19. The topological polar surface area (TPSA) is 108 Å². The molecule has 0 aromatic heterocycles. The van der Waals surface area contributed by atoms with Crippen molar-refractivity contribution in [3.8, 4) is 0 Å². The van der Waals surface area contributed by atoms with Gasteiger partial charge in [0.15, 0.2) is 6.10 Å². The minimum atomic E-state index is -1.52. The standard InChI is InChI=1S/C85H151NO8/c1-6-8-10-12-14-16-18-20-22-24-26-28-30-32-34-36-38-39-40-41-42-43-44-46-47-49-51-53-55-57-59-61-63-65-67-69-71-73-75-82(87)92-79-81(80-93-85(84(89)90)91-78-77-86(3,4)5)94-83(88)76-74-72-70-68-66-64-62-60-58-56-54-52-50-48-45-37-35-33-31-29-27-25-23-21-19-17-15-13-11-9-7-2/h9,11,15,17,21,23,27,29,33,35,45,48,52,54,58,60,81,85H,6-8,10,12-14,16,18-20,22,24-26,28,30-32,34,36-44,46-47,49-51,53,55-57,59,61-80H2,1-5H3/p+1/b11-9-,17-15-,23-21-,29-27-,35-33-,48-45-,54-52-,60-58-. The van der Waals surface area contributed by atoms with E-state index in [1.165, 1.54) is 225 Å². The van der Waals surface area contributed by atoms with Gasteiger partial charge >= 0.3 is 17.9 Å². The summed E-state index contributed by atoms with van der Waals surface area (Å²) >= 11 is 0. The number of carboxylic acid groups (broad SMARTS) is 1. The molecule has 0 aliphatic heterocycles. The van der Waals surface area contributed by atoms with E-state index in [0.717, 1.165) is 109 Å². The zero-order valence-corrected chi connectivity index (χ0v) is 62.4. The Morgan fingerprint density at radius 1 is 0.330 bits per heavy atom. The van der Waals surface area contributed by atoms with Crippen molar-refractivity contribution in [2.24, 2.45) is 0 Å². The Hall–Kier alpha value is -3.79. The number of carboxylic acids is 1. The van der Waals surface area contributed by atoms with Gasteiger partial charge in [-0.15, -0.1) is 0 Å². The van der Waals surface area contributed by atoms with E-state index in [9.17, 15) is 19.5 Å². The summed E-state index contributed by atoms with van der Waals surface area (Å²) in [7, 11) is 5.98. The van der Waals surface area contributed by atoms with Gasteiger partial charge in [-0.1, -0.05) is 374 Å². The molecule has 0 aliphatic rings. The van der Waals surface area contributed by atoms with Crippen LogP contribution in [-0.4, -0.2) is 87.4 Å². The molecule has 0 saturated heterocycles. The van der Waals surface area contributed by atoms with Gasteiger partial charge in [0.1, 0.15) is 13.2 Å². The monoisotopic (exact) mass is 1320 g/mol. The molecule has 2 atom stereocenters. The highest BCUT2D eigenvalue weighted by Gasteiger charge is 2.25. The number of rotatable bonds is 74. The number of hydrogen-bond donors (Lipinski definition) is 1. The lowest BCUT2D eigenvalue weighted by Crippen LogP contribution is -2.40. The Morgan fingerprint density at radius 3 is 0.904 bits per heavy atom. The summed E-state index contributed by atoms with van der Waals surface area (Å²) in [4.78, 5) is 37.7. The molecular weight excluding hydrogens is 1160 g/mol. The number of carbonyl (C=O) groups excluding carboxylic acids is 2. The van der Waals surface area contributed by atoms with E-state index in [-0.39, 0.29) is 32.2 Å². The van der Waals surface area contributed by atoms with Crippen LogP contribution in [0.4, 0.5) is 0 Å². The molecule has 94 heavy (non-hydrogen) atoms. The van der Waals surface area contributed by atoms with Crippen LogP contribution in [0.2, 0.25) is 0 Å². The lowest BCUT2D eigenvalue weighted by molar-refractivity contribution is -0.870. The fourth-order valence-corrected chi connectivity index (χ4v) is 11.6. The van der Waals surface area contributed by atoms with Gasteiger partial charge in [-0.2, -0.15) is 0 Å². The predicted molar refractivity (Wildman–Crippen MR) is 405 cm³/mol. The first-order valence-electron chi connectivity index (χ1n) is 39.9. The van der Waals surface area contributed by atoms with Crippen LogP contribution in [0, 0.1) is 0 Å². The van der Waals surface area contributed by atoms with Crippen LogP contribution in [0.3, 0.4) is 0 Å². The first-order valence-corrected chi connectivity index (χ1v) is 39.9. The molecule has 0 amide bonds. The normalized spacial score (nSPS) is 13.2. The van der Waals surface area contributed by atoms with E-state index in [1.54, 1.807) is 0 Å². The summed E-state index contributed by atoms with van der Waals surface area (Å²) in [5.41, 5.74) is 0. The van der Waals surface area contributed by atoms with Crippen LogP contribution in [0.1, 0.15) is 367 Å². The van der Waals surface area contributed by atoms with Crippen LogP contribution in [0.25, 0.3) is 0 Å². The van der Waals surface area contributed by atoms with Gasteiger partial charge in [0, 0.05) is 12.8 Å². The molecule has 1 N–H and O–H groups in total. The third-order valence-corrected chi connectivity index (χ3v) is 17.6. The van der Waals surface area contributed by atoms with Crippen LogP contribution < -0.4 is 0 Å². The number of carbonyl (C=O) groups is 3. The van der Waals surface area contributed by atoms with E-state index >= 15 is 0 Å². The number of esters is 2. The maximum atomic E-state index is 13.0. The first-order chi connectivity index (χ1) is 46.1. The van der Waals surface area contributed by atoms with Gasteiger partial charge in [0.2, 0.25) is 0 Å². The molecule has 9 heteroatoms. The van der Waals surface area contributed by atoms with Crippen molar-refractivity contribution in [3.05, 3.63) is 97.2 Å². The second kappa shape index (κ2) is 75.0. The largest absolute Gasteiger partial charge is 0.477 e. The number of nitrogens with zero attached hydrogens (tertiary/aromatic N) is 1. The summed E-state index contributed by atoms with van der Waals surface area (Å²) in [5, 5.41) is 9.77. The predicted octanol–water partition coefficient (Wildman–Crippen LogP) is 25.5. The third kappa shape index (κ3) is 75.6. The summed E-state index contributed by atoms with van der Waals surface area (Å²) in [6.45, 7) is 4.79. The summed E-state index contributed by atoms with van der Waals surface area (Å²) in [6, 6.07) is 0. The zero-order chi connectivity index (χ0) is 68.2. The smallest absolute Gasteiger partial charge is 0.361 e. The van der Waals surface area contributed by atoms with Gasteiger partial charge in [0.05, 0.1) is 34.4 Å². The van der Waals surface area contributed by atoms with Crippen molar-refractivity contribution >= 4 is 17.9 Å². The van der Waals surface area contributed by atoms with Gasteiger partial charge in [-0.05, 0) is 77.0 Å². The molecule has 0 aliphatic carbocycles. The zero-order valence-electron chi connectivity index (χ0n) is 62.4. The average Bonchev–Trinajstić information content (AvgIpc) is 3.76. The lowest BCUT2D eigenvalue weighted by atomic mass is 10.0. The minimum Gasteiger partial charge on any atom is -0.477 e. The summed E-state index contributed by atoms with van der Waals surface area (Å²) in [5.74, 6) is -2.01. The maximum absolute atomic E-state index is 13.0. The van der Waals surface area contributed by atoms with Crippen molar-refractivity contribution in [1.29, 1.82) is 0 Å². The van der Waals surface area contributed by atoms with E-state index in [1.807, 2.05) is 21.1 Å². The molecule has 0 aromatic carbocycles. The molecule has 544 valence electrons. The number of unbranched alkanes of at least 4 members (excludes halogenated alkanes) is 43. The van der Waals surface area contributed by atoms with Crippen molar-refractivity contribution in [1.82, 2.24) is 0 Å². The molecule has 0 fully saturated rings. The fourth-order valence-electron chi connectivity index (χ4n) is 11.6. The van der Waals surface area contributed by atoms with E-state index < -0.39 is 24.3 Å². The second-order valence-electron chi connectivity index (χ2n) is 28.0. The van der Waals surface area contributed by atoms with E-state index in [4.69, 9.17) is 18.9 Å². The molecule has 2 unspecified atom stereocenters.